The molecule has 0 radical (unpaired) electrons. The molecule has 2 rings (SSSR count). The zero-order chi connectivity index (χ0) is 13.0. The smallest absolute Gasteiger partial charge is 0.323 e. The summed E-state index contributed by atoms with van der Waals surface area (Å²) in [4.78, 5) is 24.5. The second kappa shape index (κ2) is 5.64. The molecule has 1 aliphatic rings. The van der Waals surface area contributed by atoms with Crippen molar-refractivity contribution in [1.29, 1.82) is 0 Å². The molecule has 2 N–H and O–H groups in total. The number of carboxylic acid groups (broad SMARTS) is 1. The Hall–Kier alpha value is -1.88. The van der Waals surface area contributed by atoms with Gasteiger partial charge in [-0.25, -0.2) is 0 Å². The topological polar surface area (TPSA) is 69.6 Å². The standard InChI is InChI=1S/C13H16N2O3/c16-12(17)9-15(10-5-2-1-3-6-10)13(18)11-7-4-8-14-11/h1-3,5-6,11,14H,4,7-9H2,(H,16,17)/t11-/m0/s1. The molecule has 1 aromatic carbocycles. The molecule has 5 nitrogen and oxygen atoms in total. The van der Waals surface area contributed by atoms with Gasteiger partial charge in [-0.2, -0.15) is 0 Å². The third kappa shape index (κ3) is 2.87. The minimum Gasteiger partial charge on any atom is -0.480 e. The molecule has 1 amide bonds. The summed E-state index contributed by atoms with van der Waals surface area (Å²) in [6.07, 6.45) is 1.72. The zero-order valence-electron chi connectivity index (χ0n) is 10.0. The van der Waals surface area contributed by atoms with Gasteiger partial charge in [0.05, 0.1) is 6.04 Å². The lowest BCUT2D eigenvalue weighted by atomic mass is 10.2. The fourth-order valence-corrected chi connectivity index (χ4v) is 2.12. The number of rotatable bonds is 4. The van der Waals surface area contributed by atoms with Gasteiger partial charge in [0.2, 0.25) is 5.91 Å². The first-order valence-electron chi connectivity index (χ1n) is 6.00. The number of carbonyl (C=O) groups excluding carboxylic acids is 1. The van der Waals surface area contributed by atoms with Gasteiger partial charge in [0, 0.05) is 5.69 Å². The molecule has 0 saturated carbocycles. The second-order valence-electron chi connectivity index (χ2n) is 4.30. The van der Waals surface area contributed by atoms with Gasteiger partial charge >= 0.3 is 5.97 Å². The molecule has 1 heterocycles. The van der Waals surface area contributed by atoms with Crippen LogP contribution in [0.15, 0.2) is 30.3 Å². The van der Waals surface area contributed by atoms with Gasteiger partial charge in [-0.1, -0.05) is 18.2 Å². The third-order valence-corrected chi connectivity index (χ3v) is 2.99. The summed E-state index contributed by atoms with van der Waals surface area (Å²) in [6, 6.07) is 8.65. The van der Waals surface area contributed by atoms with Gasteiger partial charge in [0.1, 0.15) is 6.54 Å². The first-order chi connectivity index (χ1) is 8.68. The van der Waals surface area contributed by atoms with E-state index >= 15 is 0 Å². The SMILES string of the molecule is O=C(O)CN(C(=O)[C@@H]1CCCN1)c1ccccc1. The van der Waals surface area contributed by atoms with Crippen LogP contribution in [0, 0.1) is 0 Å². The normalized spacial score (nSPS) is 18.6. The van der Waals surface area contributed by atoms with E-state index in [1.54, 1.807) is 24.3 Å². The maximum absolute atomic E-state index is 12.3. The number of benzene rings is 1. The minimum atomic E-state index is -1.01. The number of anilines is 1. The van der Waals surface area contributed by atoms with E-state index in [1.165, 1.54) is 4.90 Å². The van der Waals surface area contributed by atoms with Crippen LogP contribution in [0.5, 0.6) is 0 Å². The predicted octanol–water partition coefficient (Wildman–Crippen LogP) is 0.856. The number of carboxylic acids is 1. The summed E-state index contributed by atoms with van der Waals surface area (Å²) in [5.74, 6) is -1.17. The van der Waals surface area contributed by atoms with Crippen LogP contribution >= 0.6 is 0 Å². The van der Waals surface area contributed by atoms with Gasteiger partial charge in [-0.3, -0.25) is 14.5 Å². The Morgan fingerprint density at radius 2 is 2.06 bits per heavy atom. The number of hydrogen-bond donors (Lipinski definition) is 2. The van der Waals surface area contributed by atoms with Gasteiger partial charge in [0.25, 0.3) is 0 Å². The van der Waals surface area contributed by atoms with Crippen LogP contribution in [0.1, 0.15) is 12.8 Å². The number of carbonyl (C=O) groups is 2. The molecule has 96 valence electrons. The summed E-state index contributed by atoms with van der Waals surface area (Å²) in [7, 11) is 0. The maximum Gasteiger partial charge on any atom is 0.323 e. The van der Waals surface area contributed by atoms with E-state index in [0.717, 1.165) is 19.4 Å². The van der Waals surface area contributed by atoms with Crippen molar-refractivity contribution in [3.05, 3.63) is 30.3 Å². The molecule has 1 saturated heterocycles. The van der Waals surface area contributed by atoms with E-state index < -0.39 is 5.97 Å². The summed E-state index contributed by atoms with van der Waals surface area (Å²) < 4.78 is 0. The maximum atomic E-state index is 12.3. The van der Waals surface area contributed by atoms with Crippen LogP contribution in [0.4, 0.5) is 5.69 Å². The number of amides is 1. The van der Waals surface area contributed by atoms with Crippen molar-refractivity contribution in [3.8, 4) is 0 Å². The Morgan fingerprint density at radius 1 is 1.33 bits per heavy atom. The van der Waals surface area contributed by atoms with E-state index in [0.29, 0.717) is 5.69 Å². The van der Waals surface area contributed by atoms with Crippen molar-refractivity contribution in [1.82, 2.24) is 5.32 Å². The highest BCUT2D eigenvalue weighted by atomic mass is 16.4. The Kier molecular flexibility index (Phi) is 3.94. The zero-order valence-corrected chi connectivity index (χ0v) is 10.0. The van der Waals surface area contributed by atoms with Gasteiger partial charge < -0.3 is 10.4 Å². The van der Waals surface area contributed by atoms with Gasteiger partial charge in [-0.15, -0.1) is 0 Å². The molecule has 1 aromatic rings. The molecule has 1 fully saturated rings. The highest BCUT2D eigenvalue weighted by Crippen LogP contribution is 2.17. The molecule has 0 aliphatic carbocycles. The number of nitrogens with zero attached hydrogens (tertiary/aromatic N) is 1. The summed E-state index contributed by atoms with van der Waals surface area (Å²) in [6.45, 7) is 0.507. The molecular formula is C13H16N2O3. The number of aliphatic carboxylic acids is 1. The van der Waals surface area contributed by atoms with Crippen LogP contribution in [-0.4, -0.2) is 36.1 Å². The first kappa shape index (κ1) is 12.6. The molecular weight excluding hydrogens is 232 g/mol. The Morgan fingerprint density at radius 3 is 2.61 bits per heavy atom. The van der Waals surface area contributed by atoms with Crippen molar-refractivity contribution in [2.75, 3.05) is 18.0 Å². The molecule has 0 spiro atoms. The Bertz CT molecular complexity index is 427. The lowest BCUT2D eigenvalue weighted by Crippen LogP contribution is -2.46. The van der Waals surface area contributed by atoms with Crippen molar-refractivity contribution in [2.45, 2.75) is 18.9 Å². The largest absolute Gasteiger partial charge is 0.480 e. The average Bonchev–Trinajstić information content (AvgIpc) is 2.90. The van der Waals surface area contributed by atoms with E-state index in [9.17, 15) is 9.59 Å². The van der Waals surface area contributed by atoms with Crippen molar-refractivity contribution in [3.63, 3.8) is 0 Å². The van der Waals surface area contributed by atoms with Crippen LogP contribution in [0.25, 0.3) is 0 Å². The quantitative estimate of drug-likeness (QED) is 0.829. The van der Waals surface area contributed by atoms with Crippen molar-refractivity contribution >= 4 is 17.6 Å². The lowest BCUT2D eigenvalue weighted by molar-refractivity contribution is -0.136. The molecule has 5 heteroatoms. The summed E-state index contributed by atoms with van der Waals surface area (Å²) >= 11 is 0. The molecule has 0 bridgehead atoms. The molecule has 1 aliphatic heterocycles. The van der Waals surface area contributed by atoms with Crippen LogP contribution < -0.4 is 10.2 Å². The van der Waals surface area contributed by atoms with Gasteiger partial charge in [0.15, 0.2) is 0 Å². The number of hydrogen-bond acceptors (Lipinski definition) is 3. The lowest BCUT2D eigenvalue weighted by Gasteiger charge is -2.24. The molecule has 18 heavy (non-hydrogen) atoms. The average molecular weight is 248 g/mol. The second-order valence-corrected chi connectivity index (χ2v) is 4.30. The Labute approximate surface area is 105 Å². The van der Waals surface area contributed by atoms with E-state index in [1.807, 2.05) is 6.07 Å². The molecule has 1 atom stereocenters. The number of para-hydroxylation sites is 1. The van der Waals surface area contributed by atoms with E-state index in [2.05, 4.69) is 5.32 Å². The monoisotopic (exact) mass is 248 g/mol. The first-order valence-corrected chi connectivity index (χ1v) is 6.00. The third-order valence-electron chi connectivity index (χ3n) is 2.99. The van der Waals surface area contributed by atoms with Crippen molar-refractivity contribution in [2.24, 2.45) is 0 Å². The van der Waals surface area contributed by atoms with Crippen LogP contribution in [0.2, 0.25) is 0 Å². The predicted molar refractivity (Wildman–Crippen MR) is 67.5 cm³/mol. The van der Waals surface area contributed by atoms with Crippen molar-refractivity contribution < 1.29 is 14.7 Å². The summed E-state index contributed by atoms with van der Waals surface area (Å²) in [5.41, 5.74) is 0.624. The van der Waals surface area contributed by atoms with E-state index in [-0.39, 0.29) is 18.5 Å². The fraction of sp³-hybridized carbons (Fsp3) is 0.385. The fourth-order valence-electron chi connectivity index (χ4n) is 2.12. The molecule has 0 unspecified atom stereocenters. The van der Waals surface area contributed by atoms with E-state index in [4.69, 9.17) is 5.11 Å². The minimum absolute atomic E-state index is 0.166. The number of nitrogens with one attached hydrogen (secondary N) is 1. The van der Waals surface area contributed by atoms with Crippen LogP contribution in [0.3, 0.4) is 0 Å². The highest BCUT2D eigenvalue weighted by molar-refractivity contribution is 6.00. The highest BCUT2D eigenvalue weighted by Gasteiger charge is 2.28. The Balaban J connectivity index is 2.19. The van der Waals surface area contributed by atoms with Crippen LogP contribution in [-0.2, 0) is 9.59 Å². The summed E-state index contributed by atoms with van der Waals surface area (Å²) in [5, 5.41) is 12.0. The molecule has 0 aromatic heterocycles. The van der Waals surface area contributed by atoms with Gasteiger partial charge in [-0.05, 0) is 31.5 Å².